The summed E-state index contributed by atoms with van der Waals surface area (Å²) < 4.78 is 17.6. The van der Waals surface area contributed by atoms with Gasteiger partial charge in [0.15, 0.2) is 11.5 Å². The third-order valence-corrected chi connectivity index (χ3v) is 9.63. The number of ether oxygens (including phenoxy) is 3. The molecule has 0 aromatic heterocycles. The van der Waals surface area contributed by atoms with Crippen LogP contribution >= 0.6 is 0 Å². The van der Waals surface area contributed by atoms with E-state index in [9.17, 15) is 5.11 Å². The van der Waals surface area contributed by atoms with E-state index in [-0.39, 0.29) is 0 Å². The van der Waals surface area contributed by atoms with Gasteiger partial charge in [0.1, 0.15) is 18.1 Å². The second kappa shape index (κ2) is 12.2. The van der Waals surface area contributed by atoms with Gasteiger partial charge in [-0.3, -0.25) is 4.90 Å². The monoisotopic (exact) mass is 556 g/mol. The van der Waals surface area contributed by atoms with Crippen LogP contribution in [-0.4, -0.2) is 56.0 Å². The minimum absolute atomic E-state index is 0.348. The smallest absolute Gasteiger partial charge is 0.162 e. The Bertz CT molecular complexity index is 1320. The maximum absolute atomic E-state index is 9.96. The van der Waals surface area contributed by atoms with E-state index >= 15 is 0 Å². The van der Waals surface area contributed by atoms with E-state index in [0.29, 0.717) is 11.7 Å². The van der Waals surface area contributed by atoms with Crippen molar-refractivity contribution in [1.29, 1.82) is 0 Å². The molecule has 218 valence electrons. The molecular formula is C35H44N2O4. The van der Waals surface area contributed by atoms with Crippen LogP contribution in [0.25, 0.3) is 0 Å². The molecule has 2 saturated heterocycles. The highest BCUT2D eigenvalue weighted by molar-refractivity contribution is 5.64. The zero-order valence-corrected chi connectivity index (χ0v) is 24.8. The first-order chi connectivity index (χ1) is 20.1. The van der Waals surface area contributed by atoms with E-state index in [2.05, 4.69) is 59.2 Å². The molecule has 3 aromatic rings. The van der Waals surface area contributed by atoms with Crippen LogP contribution in [0.15, 0.2) is 54.6 Å². The Labute approximate surface area is 244 Å². The van der Waals surface area contributed by atoms with E-state index < -0.39 is 0 Å². The standard InChI is InChI=1S/C35H44N2O4/c1-4-36(23-24-5-15-31(16-6-24)41-18-17-37-28-10-11-29(37)13-12-28)33-22-35(40-3)34(39-2)21-32(33)27-8-7-26-20-30(38)14-9-25(26)19-27/h5-6,9,14-16,20-22,27-29,38H,4,7-8,10-13,17-19,23H2,1-3H3/t27-,28?,29?/m1/s1. The Hall–Kier alpha value is -3.38. The lowest BCUT2D eigenvalue weighted by Crippen LogP contribution is -2.32. The number of aryl methyl sites for hydroxylation is 1. The topological polar surface area (TPSA) is 54.4 Å². The van der Waals surface area contributed by atoms with E-state index in [0.717, 1.165) is 74.8 Å². The van der Waals surface area contributed by atoms with Gasteiger partial charge in [-0.25, -0.2) is 0 Å². The Morgan fingerprint density at radius 3 is 2.24 bits per heavy atom. The first-order valence-corrected chi connectivity index (χ1v) is 15.3. The predicted molar refractivity (Wildman–Crippen MR) is 164 cm³/mol. The molecule has 0 unspecified atom stereocenters. The molecule has 3 aromatic carbocycles. The zero-order chi connectivity index (χ0) is 28.3. The number of phenols is 1. The van der Waals surface area contributed by atoms with Gasteiger partial charge in [0.25, 0.3) is 0 Å². The highest BCUT2D eigenvalue weighted by atomic mass is 16.5. The van der Waals surface area contributed by atoms with E-state index in [1.165, 1.54) is 53.6 Å². The quantitative estimate of drug-likeness (QED) is 0.283. The molecule has 0 spiro atoms. The summed E-state index contributed by atoms with van der Waals surface area (Å²) in [4.78, 5) is 5.10. The van der Waals surface area contributed by atoms with Gasteiger partial charge in [0.05, 0.1) is 14.2 Å². The molecule has 6 rings (SSSR count). The van der Waals surface area contributed by atoms with Crippen molar-refractivity contribution < 1.29 is 19.3 Å². The Morgan fingerprint density at radius 1 is 0.854 bits per heavy atom. The summed E-state index contributed by atoms with van der Waals surface area (Å²) in [6.45, 7) is 5.67. The van der Waals surface area contributed by atoms with E-state index in [1.54, 1.807) is 20.3 Å². The molecule has 0 radical (unpaired) electrons. The molecule has 2 heterocycles. The predicted octanol–water partition coefficient (Wildman–Crippen LogP) is 6.71. The maximum atomic E-state index is 9.96. The molecule has 2 aliphatic heterocycles. The molecule has 2 fully saturated rings. The number of nitrogens with zero attached hydrogens (tertiary/aromatic N) is 2. The molecule has 2 bridgehead atoms. The third kappa shape index (κ3) is 5.85. The highest BCUT2D eigenvalue weighted by Gasteiger charge is 2.38. The first-order valence-electron chi connectivity index (χ1n) is 15.3. The van der Waals surface area contributed by atoms with Gasteiger partial charge in [-0.2, -0.15) is 0 Å². The number of benzene rings is 3. The van der Waals surface area contributed by atoms with Crippen molar-refractivity contribution >= 4 is 5.69 Å². The fraction of sp³-hybridized carbons (Fsp3) is 0.486. The summed E-state index contributed by atoms with van der Waals surface area (Å²) in [5, 5.41) is 9.96. The molecule has 1 atom stereocenters. The van der Waals surface area contributed by atoms with Crippen molar-refractivity contribution in [2.75, 3.05) is 38.8 Å². The average molecular weight is 557 g/mol. The Balaban J connectivity index is 1.17. The molecule has 0 amide bonds. The fourth-order valence-corrected chi connectivity index (χ4v) is 7.42. The number of methoxy groups -OCH3 is 2. The summed E-state index contributed by atoms with van der Waals surface area (Å²) >= 11 is 0. The molecular weight excluding hydrogens is 512 g/mol. The summed E-state index contributed by atoms with van der Waals surface area (Å²) in [6, 6.07) is 20.3. The van der Waals surface area contributed by atoms with Crippen LogP contribution in [0.1, 0.15) is 67.2 Å². The number of hydrogen-bond acceptors (Lipinski definition) is 6. The largest absolute Gasteiger partial charge is 0.508 e. The van der Waals surface area contributed by atoms with Gasteiger partial charge >= 0.3 is 0 Å². The maximum Gasteiger partial charge on any atom is 0.162 e. The molecule has 1 N–H and O–H groups in total. The lowest BCUT2D eigenvalue weighted by Gasteiger charge is -2.32. The van der Waals surface area contributed by atoms with Crippen molar-refractivity contribution in [3.63, 3.8) is 0 Å². The van der Waals surface area contributed by atoms with Crippen LogP contribution < -0.4 is 19.1 Å². The van der Waals surface area contributed by atoms with Gasteiger partial charge < -0.3 is 24.2 Å². The SMILES string of the molecule is CCN(Cc1ccc(OCCN2C3CCC2CC3)cc1)c1cc(OC)c(OC)cc1[C@@H]1CCc2cc(O)ccc2C1. The molecule has 0 saturated carbocycles. The molecule has 6 heteroatoms. The van der Waals surface area contributed by atoms with Gasteiger partial charge in [-0.05, 0) is 110 Å². The lowest BCUT2D eigenvalue weighted by atomic mass is 9.79. The number of rotatable bonds is 11. The molecule has 6 nitrogen and oxygen atoms in total. The number of anilines is 1. The summed E-state index contributed by atoms with van der Waals surface area (Å²) in [6.07, 6.45) is 8.40. The Kier molecular flexibility index (Phi) is 8.29. The van der Waals surface area contributed by atoms with Gasteiger partial charge in [0, 0.05) is 43.5 Å². The second-order valence-corrected chi connectivity index (χ2v) is 11.9. The van der Waals surface area contributed by atoms with Crippen molar-refractivity contribution in [3.05, 3.63) is 76.9 Å². The van der Waals surface area contributed by atoms with Crippen LogP contribution in [0.4, 0.5) is 5.69 Å². The van der Waals surface area contributed by atoms with E-state index in [1.807, 2.05) is 6.07 Å². The molecule has 3 aliphatic rings. The number of hydrogen-bond donors (Lipinski definition) is 1. The molecule has 1 aliphatic carbocycles. The van der Waals surface area contributed by atoms with Crippen LogP contribution in [0.2, 0.25) is 0 Å². The minimum atomic E-state index is 0.348. The molecule has 41 heavy (non-hydrogen) atoms. The normalized spacial score (nSPS) is 21.5. The minimum Gasteiger partial charge on any atom is -0.508 e. The van der Waals surface area contributed by atoms with E-state index in [4.69, 9.17) is 14.2 Å². The van der Waals surface area contributed by atoms with Crippen LogP contribution in [0, 0.1) is 0 Å². The first kappa shape index (κ1) is 27.8. The summed E-state index contributed by atoms with van der Waals surface area (Å²) in [5.74, 6) is 3.17. The van der Waals surface area contributed by atoms with Crippen molar-refractivity contribution in [1.82, 2.24) is 4.90 Å². The van der Waals surface area contributed by atoms with Gasteiger partial charge in [-0.15, -0.1) is 0 Å². The van der Waals surface area contributed by atoms with Crippen molar-refractivity contribution in [2.45, 2.75) is 76.4 Å². The van der Waals surface area contributed by atoms with Crippen molar-refractivity contribution in [2.24, 2.45) is 0 Å². The van der Waals surface area contributed by atoms with Gasteiger partial charge in [0.2, 0.25) is 0 Å². The van der Waals surface area contributed by atoms with Crippen LogP contribution in [0.3, 0.4) is 0 Å². The number of aromatic hydroxyl groups is 1. The van der Waals surface area contributed by atoms with Gasteiger partial charge in [-0.1, -0.05) is 18.2 Å². The highest BCUT2D eigenvalue weighted by Crippen LogP contribution is 2.44. The lowest BCUT2D eigenvalue weighted by molar-refractivity contribution is 0.194. The third-order valence-electron chi connectivity index (χ3n) is 9.63. The summed E-state index contributed by atoms with van der Waals surface area (Å²) in [5.41, 5.74) is 6.31. The van der Waals surface area contributed by atoms with Crippen LogP contribution in [-0.2, 0) is 19.4 Å². The summed E-state index contributed by atoms with van der Waals surface area (Å²) in [7, 11) is 3.41. The Morgan fingerprint density at radius 2 is 1.56 bits per heavy atom. The van der Waals surface area contributed by atoms with Crippen molar-refractivity contribution in [3.8, 4) is 23.0 Å². The fourth-order valence-electron chi connectivity index (χ4n) is 7.42. The number of phenolic OH excluding ortho intramolecular Hbond substituents is 1. The average Bonchev–Trinajstić information content (AvgIpc) is 3.59. The number of fused-ring (bicyclic) bond motifs is 3. The second-order valence-electron chi connectivity index (χ2n) is 11.9. The van der Waals surface area contributed by atoms with Crippen LogP contribution in [0.5, 0.6) is 23.0 Å². The zero-order valence-electron chi connectivity index (χ0n) is 24.8.